The maximum Gasteiger partial charge on any atom is 0.291 e. The molecule has 0 amide bonds. The summed E-state index contributed by atoms with van der Waals surface area (Å²) in [7, 11) is 0. The zero-order valence-electron chi connectivity index (χ0n) is 21.8. The average Bonchev–Trinajstić information content (AvgIpc) is 3.64. The molecular weight excluding hydrogens is 508 g/mol. The number of hydrogen-bond acceptors (Lipinski definition) is 7. The Morgan fingerprint density at radius 1 is 1.00 bits per heavy atom. The highest BCUT2D eigenvalue weighted by molar-refractivity contribution is 7.15. The molecule has 0 saturated heterocycles. The van der Waals surface area contributed by atoms with E-state index in [4.69, 9.17) is 9.84 Å². The quantitative estimate of drug-likeness (QED) is 0.288. The van der Waals surface area contributed by atoms with Gasteiger partial charge in [0.1, 0.15) is 11.4 Å². The lowest BCUT2D eigenvalue weighted by Crippen LogP contribution is -2.23. The van der Waals surface area contributed by atoms with E-state index in [0.29, 0.717) is 27.8 Å². The van der Waals surface area contributed by atoms with Crippen LogP contribution in [0.5, 0.6) is 5.75 Å². The Bertz CT molecular complexity index is 1870. The van der Waals surface area contributed by atoms with Gasteiger partial charge in [0.15, 0.2) is 5.82 Å². The third kappa shape index (κ3) is 4.96. The topological polar surface area (TPSA) is 87.2 Å². The molecule has 0 aliphatic rings. The van der Waals surface area contributed by atoms with Gasteiger partial charge in [-0.3, -0.25) is 9.78 Å². The van der Waals surface area contributed by atoms with Gasteiger partial charge in [0, 0.05) is 35.3 Å². The molecule has 0 N–H and O–H groups in total. The van der Waals surface area contributed by atoms with Crippen LogP contribution >= 0.6 is 11.3 Å². The Balaban J connectivity index is 1.45. The van der Waals surface area contributed by atoms with Gasteiger partial charge in [-0.15, -0.1) is 5.10 Å². The zero-order valence-corrected chi connectivity index (χ0v) is 22.6. The minimum Gasteiger partial charge on any atom is -0.493 e. The average molecular weight is 535 g/mol. The Hall–Kier alpha value is -4.63. The van der Waals surface area contributed by atoms with Crippen molar-refractivity contribution in [1.29, 1.82) is 0 Å². The second kappa shape index (κ2) is 10.3. The molecule has 0 bridgehead atoms. The van der Waals surface area contributed by atoms with Crippen LogP contribution in [0.1, 0.15) is 25.0 Å². The molecule has 6 rings (SSSR count). The van der Waals surface area contributed by atoms with Crippen LogP contribution in [-0.4, -0.2) is 36.0 Å². The summed E-state index contributed by atoms with van der Waals surface area (Å²) in [5.74, 6) is 1.80. The van der Waals surface area contributed by atoms with E-state index in [-0.39, 0.29) is 5.56 Å². The summed E-state index contributed by atoms with van der Waals surface area (Å²) < 4.78 is 9.71. The van der Waals surface area contributed by atoms with E-state index in [1.807, 2.05) is 78.5 Å². The molecule has 0 aliphatic carbocycles. The van der Waals surface area contributed by atoms with Crippen LogP contribution in [0.4, 0.5) is 0 Å². The van der Waals surface area contributed by atoms with Gasteiger partial charge in [0.05, 0.1) is 16.8 Å². The monoisotopic (exact) mass is 534 g/mol. The number of rotatable bonds is 7. The van der Waals surface area contributed by atoms with E-state index in [1.165, 1.54) is 15.9 Å². The van der Waals surface area contributed by atoms with Gasteiger partial charge in [-0.1, -0.05) is 43.4 Å². The van der Waals surface area contributed by atoms with Crippen molar-refractivity contribution in [2.45, 2.75) is 20.8 Å². The highest BCUT2D eigenvalue weighted by atomic mass is 32.1. The fourth-order valence-corrected chi connectivity index (χ4v) is 5.14. The molecule has 39 heavy (non-hydrogen) atoms. The fraction of sp³-hybridized carbons (Fsp3) is 0.167. The number of nitrogens with zero attached hydrogens (tertiary/aromatic N) is 6. The second-order valence-corrected chi connectivity index (χ2v) is 10.7. The van der Waals surface area contributed by atoms with Crippen LogP contribution in [-0.2, 0) is 0 Å². The largest absolute Gasteiger partial charge is 0.493 e. The number of para-hydroxylation sites is 1. The Morgan fingerprint density at radius 3 is 2.51 bits per heavy atom. The first-order valence-electron chi connectivity index (χ1n) is 12.7. The molecule has 8 nitrogen and oxygen atoms in total. The highest BCUT2D eigenvalue weighted by Crippen LogP contribution is 2.29. The van der Waals surface area contributed by atoms with Gasteiger partial charge in [-0.2, -0.15) is 14.6 Å². The van der Waals surface area contributed by atoms with Gasteiger partial charge in [0.25, 0.3) is 5.56 Å². The molecule has 0 fully saturated rings. The number of fused-ring (bicyclic) bond motifs is 1. The lowest BCUT2D eigenvalue weighted by molar-refractivity contribution is 0.269. The van der Waals surface area contributed by atoms with E-state index in [0.717, 1.165) is 39.4 Å². The van der Waals surface area contributed by atoms with Crippen molar-refractivity contribution in [2.75, 3.05) is 6.61 Å². The summed E-state index contributed by atoms with van der Waals surface area (Å²) in [5, 5.41) is 9.37. The Morgan fingerprint density at radius 2 is 1.79 bits per heavy atom. The minimum absolute atomic E-state index is 0.213. The van der Waals surface area contributed by atoms with Gasteiger partial charge < -0.3 is 4.74 Å². The maximum atomic E-state index is 13.3. The van der Waals surface area contributed by atoms with E-state index in [2.05, 4.69) is 35.0 Å². The van der Waals surface area contributed by atoms with Crippen LogP contribution in [0.15, 0.2) is 84.0 Å². The number of aromatic nitrogens is 6. The summed E-state index contributed by atoms with van der Waals surface area (Å²) >= 11 is 1.31. The number of hydrogen-bond donors (Lipinski definition) is 0. The molecule has 0 saturated carbocycles. The number of aryl methyl sites for hydroxylation is 1. The van der Waals surface area contributed by atoms with Crippen LogP contribution in [0, 0.1) is 12.8 Å². The van der Waals surface area contributed by atoms with Gasteiger partial charge in [-0.25, -0.2) is 4.68 Å². The van der Waals surface area contributed by atoms with Gasteiger partial charge in [-0.05, 0) is 66.9 Å². The first-order valence-corrected chi connectivity index (χ1v) is 13.5. The lowest BCUT2D eigenvalue weighted by atomic mass is 10.0. The summed E-state index contributed by atoms with van der Waals surface area (Å²) in [6.07, 6.45) is 7.17. The molecule has 0 unspecified atom stereocenters. The number of ether oxygens (including phenoxy) is 1. The maximum absolute atomic E-state index is 13.3. The summed E-state index contributed by atoms with van der Waals surface area (Å²) in [5.41, 5.74) is 5.10. The number of pyridine rings is 1. The van der Waals surface area contributed by atoms with Crippen LogP contribution in [0.2, 0.25) is 0 Å². The van der Waals surface area contributed by atoms with Crippen molar-refractivity contribution >= 4 is 22.4 Å². The first kappa shape index (κ1) is 24.7. The van der Waals surface area contributed by atoms with Crippen molar-refractivity contribution in [1.82, 2.24) is 29.4 Å². The molecule has 6 aromatic rings. The Labute approximate surface area is 228 Å². The minimum atomic E-state index is -0.213. The van der Waals surface area contributed by atoms with Crippen molar-refractivity contribution in [3.8, 4) is 34.1 Å². The molecule has 0 spiro atoms. The summed E-state index contributed by atoms with van der Waals surface area (Å²) in [6, 6.07) is 19.6. The smallest absolute Gasteiger partial charge is 0.291 e. The van der Waals surface area contributed by atoms with E-state index >= 15 is 0 Å². The molecule has 4 aromatic heterocycles. The predicted molar refractivity (Wildman–Crippen MR) is 153 cm³/mol. The normalized spacial score (nSPS) is 12.1. The van der Waals surface area contributed by atoms with E-state index in [9.17, 15) is 4.79 Å². The third-order valence-corrected chi connectivity index (χ3v) is 7.15. The highest BCUT2D eigenvalue weighted by Gasteiger charge is 2.16. The second-order valence-electron chi connectivity index (χ2n) is 9.68. The molecule has 0 radical (unpaired) electrons. The number of thiazole rings is 1. The molecule has 4 heterocycles. The van der Waals surface area contributed by atoms with Gasteiger partial charge >= 0.3 is 0 Å². The summed E-state index contributed by atoms with van der Waals surface area (Å²) in [4.78, 5) is 22.5. The zero-order chi connectivity index (χ0) is 26.9. The summed E-state index contributed by atoms with van der Waals surface area (Å²) in [6.45, 7) is 6.95. The predicted octanol–water partition coefficient (Wildman–Crippen LogP) is 4.96. The Kier molecular flexibility index (Phi) is 6.50. The van der Waals surface area contributed by atoms with Crippen LogP contribution in [0.3, 0.4) is 0 Å². The SMILES string of the molecule is Cc1cc(-c2nn(-c3ccccc3)cc2/C=c2\sc3nc(-c4ccncc4)nn3c2=O)ccc1OCC(C)C. The first-order chi connectivity index (χ1) is 19.0. The van der Waals surface area contributed by atoms with Crippen molar-refractivity contribution in [2.24, 2.45) is 5.92 Å². The van der Waals surface area contributed by atoms with Crippen LogP contribution < -0.4 is 14.8 Å². The molecule has 0 atom stereocenters. The van der Waals surface area contributed by atoms with Crippen molar-refractivity contribution in [3.63, 3.8) is 0 Å². The van der Waals surface area contributed by atoms with Gasteiger partial charge in [0.2, 0.25) is 4.96 Å². The third-order valence-electron chi connectivity index (χ3n) is 6.19. The van der Waals surface area contributed by atoms with Crippen LogP contribution in [0.25, 0.3) is 39.4 Å². The van der Waals surface area contributed by atoms with Crippen molar-refractivity contribution < 1.29 is 4.74 Å². The molecule has 9 heteroatoms. The molecule has 2 aromatic carbocycles. The molecule has 194 valence electrons. The molecule has 0 aliphatic heterocycles. The lowest BCUT2D eigenvalue weighted by Gasteiger charge is -2.12. The van der Waals surface area contributed by atoms with E-state index in [1.54, 1.807) is 12.4 Å². The van der Waals surface area contributed by atoms with E-state index < -0.39 is 0 Å². The standard InChI is InChI=1S/C30H26N6O2S/c1-19(2)18-38-25-10-9-22(15-20(25)3)27-23(17-35(33-27)24-7-5-4-6-8-24)16-26-29(37)36-30(39-26)32-28(34-36)21-11-13-31-14-12-21/h4-17,19H,18H2,1-3H3/b26-16-. The molecular formula is C30H26N6O2S. The fourth-order valence-electron chi connectivity index (χ4n) is 4.24. The number of benzene rings is 2. The van der Waals surface area contributed by atoms with Crippen molar-refractivity contribution in [3.05, 3.63) is 105 Å².